The molecule has 1 aliphatic carbocycles. The van der Waals surface area contributed by atoms with Gasteiger partial charge in [0.25, 0.3) is 0 Å². The van der Waals surface area contributed by atoms with E-state index in [1.165, 1.54) is 22.1 Å². The zero-order valence-electron chi connectivity index (χ0n) is 34.7. The topological polar surface area (TPSA) is 51.6 Å². The second-order valence-corrected chi connectivity index (χ2v) is 16.6. The number of aromatic nitrogens is 4. The minimum Gasteiger partial charge on any atom is -0.248 e. The van der Waals surface area contributed by atoms with Crippen molar-refractivity contribution in [1.29, 1.82) is 0 Å². The highest BCUT2D eigenvalue weighted by molar-refractivity contribution is 6.06. The van der Waals surface area contributed by atoms with Crippen LogP contribution in [0.5, 0.6) is 0 Å². The standard InChI is InChI=1S/C59H40N4/c1-37-28-29-40-30-33-54-56(52(40)34-37)53(36-55(60-54)41-16-3-2-4-17-41)43-21-11-20-42(35-43)46-31-32-51(48-25-10-9-24-47(46)48)59-62-57(49-26-12-18-38-14-5-7-22-44(38)49)61-58(63-59)50-27-13-19-39-15-6-8-23-45(39)50/h2-33,35-37H,34H2,1H3. The zero-order valence-corrected chi connectivity index (χ0v) is 34.7. The van der Waals surface area contributed by atoms with Crippen molar-refractivity contribution in [2.24, 2.45) is 5.92 Å². The van der Waals surface area contributed by atoms with E-state index in [2.05, 4.69) is 213 Å². The molecule has 0 aliphatic heterocycles. The van der Waals surface area contributed by atoms with E-state index in [1.807, 2.05) is 0 Å². The Morgan fingerprint density at radius 2 is 0.905 bits per heavy atom. The summed E-state index contributed by atoms with van der Waals surface area (Å²) >= 11 is 0. The molecule has 4 heteroatoms. The van der Waals surface area contributed by atoms with Gasteiger partial charge in [-0.15, -0.1) is 0 Å². The molecule has 1 aliphatic rings. The lowest BCUT2D eigenvalue weighted by atomic mass is 9.84. The van der Waals surface area contributed by atoms with Gasteiger partial charge in [0.15, 0.2) is 17.5 Å². The van der Waals surface area contributed by atoms with Crippen LogP contribution in [0.2, 0.25) is 0 Å². The fraction of sp³-hybridized carbons (Fsp3) is 0.0508. The fourth-order valence-electron chi connectivity index (χ4n) is 9.61. The molecule has 9 aromatic carbocycles. The molecule has 0 radical (unpaired) electrons. The molecule has 0 saturated heterocycles. The lowest BCUT2D eigenvalue weighted by molar-refractivity contribution is 0.721. The van der Waals surface area contributed by atoms with E-state index in [9.17, 15) is 0 Å². The third-order valence-corrected chi connectivity index (χ3v) is 12.7. The summed E-state index contributed by atoms with van der Waals surface area (Å²) in [4.78, 5) is 21.1. The smallest absolute Gasteiger partial charge is 0.164 e. The van der Waals surface area contributed by atoms with E-state index in [1.54, 1.807) is 0 Å². The van der Waals surface area contributed by atoms with Crippen LogP contribution in [0, 0.1) is 5.92 Å². The minimum atomic E-state index is 0.455. The van der Waals surface area contributed by atoms with Crippen molar-refractivity contribution in [2.45, 2.75) is 13.3 Å². The highest BCUT2D eigenvalue weighted by atomic mass is 15.0. The Morgan fingerprint density at radius 3 is 1.57 bits per heavy atom. The molecule has 4 nitrogen and oxygen atoms in total. The average molecular weight is 805 g/mol. The Kier molecular flexibility index (Phi) is 8.82. The molecule has 1 atom stereocenters. The predicted octanol–water partition coefficient (Wildman–Crippen LogP) is 15.1. The number of nitrogens with zero attached hydrogens (tertiary/aromatic N) is 4. The van der Waals surface area contributed by atoms with Crippen molar-refractivity contribution in [3.63, 3.8) is 0 Å². The minimum absolute atomic E-state index is 0.455. The molecule has 296 valence electrons. The van der Waals surface area contributed by atoms with Gasteiger partial charge in [0.1, 0.15) is 0 Å². The van der Waals surface area contributed by atoms with Crippen molar-refractivity contribution >= 4 is 49.3 Å². The number of rotatable bonds is 6. The molecule has 0 bridgehead atoms. The summed E-state index contributed by atoms with van der Waals surface area (Å²) in [6.07, 6.45) is 5.58. The molecule has 1 unspecified atom stereocenters. The van der Waals surface area contributed by atoms with Gasteiger partial charge in [-0.2, -0.15) is 0 Å². The Bertz CT molecular complexity index is 3520. The molecular formula is C59H40N4. The summed E-state index contributed by atoms with van der Waals surface area (Å²) in [5, 5.41) is 7.93. The number of pyridine rings is 1. The molecule has 0 fully saturated rings. The van der Waals surface area contributed by atoms with Gasteiger partial charge in [-0.1, -0.05) is 189 Å². The maximum Gasteiger partial charge on any atom is 0.164 e. The fourth-order valence-corrected chi connectivity index (χ4v) is 9.61. The monoisotopic (exact) mass is 804 g/mol. The molecular weight excluding hydrogens is 765 g/mol. The molecule has 0 amide bonds. The third kappa shape index (κ3) is 6.47. The largest absolute Gasteiger partial charge is 0.248 e. The van der Waals surface area contributed by atoms with Crippen molar-refractivity contribution in [3.05, 3.63) is 211 Å². The molecule has 63 heavy (non-hydrogen) atoms. The first kappa shape index (κ1) is 36.7. The summed E-state index contributed by atoms with van der Waals surface area (Å²) in [6.45, 7) is 2.30. The van der Waals surface area contributed by atoms with Gasteiger partial charge in [-0.05, 0) is 102 Å². The molecule has 2 aromatic heterocycles. The molecule has 12 rings (SSSR count). The number of fused-ring (bicyclic) bond motifs is 6. The van der Waals surface area contributed by atoms with Crippen molar-refractivity contribution in [2.75, 3.05) is 0 Å². The van der Waals surface area contributed by atoms with Crippen molar-refractivity contribution in [3.8, 4) is 67.7 Å². The number of hydrogen-bond acceptors (Lipinski definition) is 4. The van der Waals surface area contributed by atoms with Gasteiger partial charge in [0, 0.05) is 27.6 Å². The maximum atomic E-state index is 5.31. The van der Waals surface area contributed by atoms with E-state index >= 15 is 0 Å². The summed E-state index contributed by atoms with van der Waals surface area (Å²) in [6, 6.07) is 68.9. The predicted molar refractivity (Wildman–Crippen MR) is 262 cm³/mol. The van der Waals surface area contributed by atoms with Crippen molar-refractivity contribution in [1.82, 2.24) is 19.9 Å². The van der Waals surface area contributed by atoms with Gasteiger partial charge < -0.3 is 0 Å². The Morgan fingerprint density at radius 1 is 0.397 bits per heavy atom. The summed E-state index contributed by atoms with van der Waals surface area (Å²) in [5.41, 5.74) is 13.3. The van der Waals surface area contributed by atoms with Gasteiger partial charge in [-0.3, -0.25) is 0 Å². The van der Waals surface area contributed by atoms with Crippen LogP contribution in [0.1, 0.15) is 18.1 Å². The maximum absolute atomic E-state index is 5.31. The van der Waals surface area contributed by atoms with Crippen LogP contribution in [0.25, 0.3) is 117 Å². The van der Waals surface area contributed by atoms with E-state index in [0.29, 0.717) is 23.4 Å². The van der Waals surface area contributed by atoms with Gasteiger partial charge in [0.2, 0.25) is 0 Å². The molecule has 0 N–H and O–H groups in total. The molecule has 0 saturated carbocycles. The van der Waals surface area contributed by atoms with Crippen LogP contribution in [0.3, 0.4) is 0 Å². The third-order valence-electron chi connectivity index (χ3n) is 12.7. The normalized spacial score (nSPS) is 13.5. The van der Waals surface area contributed by atoms with Crippen LogP contribution in [-0.4, -0.2) is 19.9 Å². The lowest BCUT2D eigenvalue weighted by Gasteiger charge is -2.21. The lowest BCUT2D eigenvalue weighted by Crippen LogP contribution is -2.05. The number of benzene rings is 9. The first-order valence-electron chi connectivity index (χ1n) is 21.7. The van der Waals surface area contributed by atoms with Crippen LogP contribution < -0.4 is 0 Å². The summed E-state index contributed by atoms with van der Waals surface area (Å²) in [7, 11) is 0. The first-order valence-corrected chi connectivity index (χ1v) is 21.7. The van der Waals surface area contributed by atoms with Crippen LogP contribution in [0.15, 0.2) is 200 Å². The molecule has 0 spiro atoms. The van der Waals surface area contributed by atoms with E-state index < -0.39 is 0 Å². The second-order valence-electron chi connectivity index (χ2n) is 16.6. The Labute approximate surface area is 366 Å². The first-order chi connectivity index (χ1) is 31.1. The van der Waals surface area contributed by atoms with Crippen LogP contribution in [-0.2, 0) is 6.42 Å². The number of hydrogen-bond donors (Lipinski definition) is 0. The zero-order chi connectivity index (χ0) is 41.9. The average Bonchev–Trinajstić information content (AvgIpc) is 3.35. The van der Waals surface area contributed by atoms with Crippen molar-refractivity contribution < 1.29 is 0 Å². The second kappa shape index (κ2) is 15.1. The SMILES string of the molecule is CC1C=Cc2ccc3nc(-c4ccccc4)cc(-c4cccc(-c5ccc(-c6nc(-c7cccc8ccccc78)nc(-c7cccc8ccccc78)n6)c6ccccc56)c4)c3c2C1. The Balaban J connectivity index is 1.04. The highest BCUT2D eigenvalue weighted by Crippen LogP contribution is 2.42. The summed E-state index contributed by atoms with van der Waals surface area (Å²) < 4.78 is 0. The quantitative estimate of drug-likeness (QED) is 0.168. The van der Waals surface area contributed by atoms with E-state index in [4.69, 9.17) is 19.9 Å². The van der Waals surface area contributed by atoms with Crippen LogP contribution >= 0.6 is 0 Å². The van der Waals surface area contributed by atoms with Crippen LogP contribution in [0.4, 0.5) is 0 Å². The molecule has 2 heterocycles. The number of allylic oxidation sites excluding steroid dienone is 1. The van der Waals surface area contributed by atoms with Gasteiger partial charge in [0.05, 0.1) is 11.2 Å². The summed E-state index contributed by atoms with van der Waals surface area (Å²) in [5.74, 6) is 2.38. The van der Waals surface area contributed by atoms with E-state index in [-0.39, 0.29) is 0 Å². The van der Waals surface area contributed by atoms with Gasteiger partial charge >= 0.3 is 0 Å². The Hall–Kier alpha value is -8.08. The highest BCUT2D eigenvalue weighted by Gasteiger charge is 2.21. The molecule has 11 aromatic rings. The van der Waals surface area contributed by atoms with E-state index in [0.717, 1.165) is 88.9 Å². The van der Waals surface area contributed by atoms with Gasteiger partial charge in [-0.25, -0.2) is 19.9 Å².